The Bertz CT molecular complexity index is 623. The molecule has 0 amide bonds. The average Bonchev–Trinajstić information content (AvgIpc) is 2.99. The van der Waals surface area contributed by atoms with Crippen molar-refractivity contribution in [3.63, 3.8) is 0 Å². The first kappa shape index (κ1) is 9.90. The van der Waals surface area contributed by atoms with Crippen LogP contribution >= 0.6 is 0 Å². The number of hydrogen-bond donors (Lipinski definition) is 0. The lowest BCUT2D eigenvalue weighted by molar-refractivity contribution is 0.582. The van der Waals surface area contributed by atoms with E-state index in [0.717, 1.165) is 22.6 Å². The van der Waals surface area contributed by atoms with Gasteiger partial charge in [0.2, 0.25) is 0 Å². The second-order valence-electron chi connectivity index (χ2n) is 3.90. The molecule has 0 atom stereocenters. The monoisotopic (exact) mass is 224 g/mol. The first-order valence-electron chi connectivity index (χ1n) is 5.47. The standard InChI is InChI=1S/C14H12N2O/c1-16-13(7-8-15-16)11-4-2-5-12(10-11)14-6-3-9-17-14/h2-10H,1H3. The molecule has 0 aliphatic heterocycles. The molecule has 2 heterocycles. The van der Waals surface area contributed by atoms with Crippen molar-refractivity contribution < 1.29 is 4.42 Å². The minimum Gasteiger partial charge on any atom is -0.464 e. The number of benzene rings is 1. The number of aromatic nitrogens is 2. The van der Waals surface area contributed by atoms with Crippen molar-refractivity contribution in [1.29, 1.82) is 0 Å². The summed E-state index contributed by atoms with van der Waals surface area (Å²) in [6.45, 7) is 0. The highest BCUT2D eigenvalue weighted by Gasteiger charge is 2.05. The van der Waals surface area contributed by atoms with Gasteiger partial charge in [-0.1, -0.05) is 18.2 Å². The largest absolute Gasteiger partial charge is 0.464 e. The summed E-state index contributed by atoms with van der Waals surface area (Å²) in [5.74, 6) is 0.883. The molecule has 17 heavy (non-hydrogen) atoms. The molecule has 0 fully saturated rings. The molecule has 0 radical (unpaired) electrons. The molecule has 3 heteroatoms. The number of aryl methyl sites for hydroxylation is 1. The molecule has 0 spiro atoms. The first-order valence-corrected chi connectivity index (χ1v) is 5.47. The molecule has 0 saturated carbocycles. The topological polar surface area (TPSA) is 31.0 Å². The fraction of sp³-hybridized carbons (Fsp3) is 0.0714. The van der Waals surface area contributed by atoms with Crippen LogP contribution in [0.25, 0.3) is 22.6 Å². The highest BCUT2D eigenvalue weighted by molar-refractivity contribution is 5.68. The third kappa shape index (κ3) is 1.76. The molecule has 0 aliphatic carbocycles. The summed E-state index contributed by atoms with van der Waals surface area (Å²) in [6.07, 6.45) is 3.49. The van der Waals surface area contributed by atoms with E-state index in [0.29, 0.717) is 0 Å². The normalized spacial score (nSPS) is 10.6. The summed E-state index contributed by atoms with van der Waals surface area (Å²) in [5, 5.41) is 4.18. The van der Waals surface area contributed by atoms with E-state index in [4.69, 9.17) is 4.42 Å². The Balaban J connectivity index is 2.09. The van der Waals surface area contributed by atoms with Crippen molar-refractivity contribution in [2.75, 3.05) is 0 Å². The predicted octanol–water partition coefficient (Wildman–Crippen LogP) is 3.35. The van der Waals surface area contributed by atoms with Gasteiger partial charge in [-0.25, -0.2) is 0 Å². The Labute approximate surface area is 99.3 Å². The molecular formula is C14H12N2O. The molecule has 2 aromatic heterocycles. The van der Waals surface area contributed by atoms with Crippen LogP contribution in [0.4, 0.5) is 0 Å². The molecule has 3 aromatic rings. The summed E-state index contributed by atoms with van der Waals surface area (Å²) < 4.78 is 7.26. The minimum absolute atomic E-state index is 0.883. The zero-order chi connectivity index (χ0) is 11.7. The average molecular weight is 224 g/mol. The van der Waals surface area contributed by atoms with Gasteiger partial charge in [-0.05, 0) is 24.3 Å². The van der Waals surface area contributed by atoms with Gasteiger partial charge < -0.3 is 4.42 Å². The van der Waals surface area contributed by atoms with Crippen LogP contribution < -0.4 is 0 Å². The molecule has 84 valence electrons. The van der Waals surface area contributed by atoms with Crippen molar-refractivity contribution in [3.8, 4) is 22.6 Å². The number of rotatable bonds is 2. The Hall–Kier alpha value is -2.29. The van der Waals surface area contributed by atoms with Gasteiger partial charge >= 0.3 is 0 Å². The maximum atomic E-state index is 5.40. The zero-order valence-corrected chi connectivity index (χ0v) is 9.50. The van der Waals surface area contributed by atoms with Crippen molar-refractivity contribution >= 4 is 0 Å². The van der Waals surface area contributed by atoms with Gasteiger partial charge in [0, 0.05) is 24.4 Å². The van der Waals surface area contributed by atoms with Crippen molar-refractivity contribution in [1.82, 2.24) is 9.78 Å². The summed E-state index contributed by atoms with van der Waals surface area (Å²) in [4.78, 5) is 0. The van der Waals surface area contributed by atoms with Gasteiger partial charge in [0.15, 0.2) is 0 Å². The summed E-state index contributed by atoms with van der Waals surface area (Å²) in [5.41, 5.74) is 3.31. The second-order valence-corrected chi connectivity index (χ2v) is 3.90. The molecule has 0 N–H and O–H groups in total. The van der Waals surface area contributed by atoms with Gasteiger partial charge in [0.1, 0.15) is 5.76 Å². The van der Waals surface area contributed by atoms with E-state index < -0.39 is 0 Å². The van der Waals surface area contributed by atoms with Crippen LogP contribution in [0.5, 0.6) is 0 Å². The Morgan fingerprint density at radius 2 is 1.94 bits per heavy atom. The van der Waals surface area contributed by atoms with Crippen LogP contribution in [0.15, 0.2) is 59.3 Å². The van der Waals surface area contributed by atoms with Gasteiger partial charge in [-0.15, -0.1) is 0 Å². The first-order chi connectivity index (χ1) is 8.34. The lowest BCUT2D eigenvalue weighted by atomic mass is 10.1. The van der Waals surface area contributed by atoms with Gasteiger partial charge in [-0.2, -0.15) is 5.10 Å². The number of furan rings is 1. The quantitative estimate of drug-likeness (QED) is 0.668. The van der Waals surface area contributed by atoms with Crippen LogP contribution in [0, 0.1) is 0 Å². The highest BCUT2D eigenvalue weighted by Crippen LogP contribution is 2.25. The van der Waals surface area contributed by atoms with E-state index in [1.54, 1.807) is 12.5 Å². The lowest BCUT2D eigenvalue weighted by Crippen LogP contribution is -1.93. The van der Waals surface area contributed by atoms with Gasteiger partial charge in [0.05, 0.1) is 12.0 Å². The lowest BCUT2D eigenvalue weighted by Gasteiger charge is -2.04. The summed E-state index contributed by atoms with van der Waals surface area (Å²) in [7, 11) is 1.94. The van der Waals surface area contributed by atoms with E-state index >= 15 is 0 Å². The fourth-order valence-corrected chi connectivity index (χ4v) is 1.93. The van der Waals surface area contributed by atoms with Crippen LogP contribution in [0.2, 0.25) is 0 Å². The zero-order valence-electron chi connectivity index (χ0n) is 9.50. The molecule has 0 unspecified atom stereocenters. The minimum atomic E-state index is 0.883. The molecule has 3 nitrogen and oxygen atoms in total. The smallest absolute Gasteiger partial charge is 0.133 e. The molecule has 1 aromatic carbocycles. The molecule has 3 rings (SSSR count). The van der Waals surface area contributed by atoms with E-state index in [1.807, 2.05) is 42.1 Å². The SMILES string of the molecule is Cn1nccc1-c1cccc(-c2ccco2)c1. The van der Waals surface area contributed by atoms with Crippen LogP contribution in [-0.2, 0) is 7.05 Å². The van der Waals surface area contributed by atoms with Gasteiger partial charge in [-0.3, -0.25) is 4.68 Å². The second kappa shape index (κ2) is 3.94. The van der Waals surface area contributed by atoms with Crippen molar-refractivity contribution in [2.24, 2.45) is 7.05 Å². The summed E-state index contributed by atoms with van der Waals surface area (Å²) >= 11 is 0. The van der Waals surface area contributed by atoms with Gasteiger partial charge in [0.25, 0.3) is 0 Å². The fourth-order valence-electron chi connectivity index (χ4n) is 1.93. The Morgan fingerprint density at radius 3 is 2.65 bits per heavy atom. The molecule has 0 bridgehead atoms. The van der Waals surface area contributed by atoms with Crippen molar-refractivity contribution in [3.05, 3.63) is 54.9 Å². The number of nitrogens with zero attached hydrogens (tertiary/aromatic N) is 2. The van der Waals surface area contributed by atoms with Crippen LogP contribution in [0.3, 0.4) is 0 Å². The third-order valence-electron chi connectivity index (χ3n) is 2.78. The van der Waals surface area contributed by atoms with E-state index in [1.165, 1.54) is 0 Å². The Kier molecular flexibility index (Phi) is 2.29. The van der Waals surface area contributed by atoms with Crippen LogP contribution in [0.1, 0.15) is 0 Å². The third-order valence-corrected chi connectivity index (χ3v) is 2.78. The molecule has 0 saturated heterocycles. The highest BCUT2D eigenvalue weighted by atomic mass is 16.3. The van der Waals surface area contributed by atoms with E-state index in [-0.39, 0.29) is 0 Å². The van der Waals surface area contributed by atoms with E-state index in [9.17, 15) is 0 Å². The maximum Gasteiger partial charge on any atom is 0.133 e. The molecular weight excluding hydrogens is 212 g/mol. The number of hydrogen-bond acceptors (Lipinski definition) is 2. The van der Waals surface area contributed by atoms with Crippen molar-refractivity contribution in [2.45, 2.75) is 0 Å². The predicted molar refractivity (Wildman–Crippen MR) is 66.3 cm³/mol. The maximum absolute atomic E-state index is 5.40. The Morgan fingerprint density at radius 1 is 1.06 bits per heavy atom. The molecule has 0 aliphatic rings. The van der Waals surface area contributed by atoms with Crippen LogP contribution in [-0.4, -0.2) is 9.78 Å². The summed E-state index contributed by atoms with van der Waals surface area (Å²) in [6, 6.07) is 14.1. The van der Waals surface area contributed by atoms with E-state index in [2.05, 4.69) is 17.2 Å².